The van der Waals surface area contributed by atoms with Crippen LogP contribution in [0.25, 0.3) is 10.9 Å². The van der Waals surface area contributed by atoms with Gasteiger partial charge in [0.15, 0.2) is 5.69 Å². The van der Waals surface area contributed by atoms with Gasteiger partial charge in [-0.3, -0.25) is 9.89 Å². The van der Waals surface area contributed by atoms with Gasteiger partial charge in [-0.05, 0) is 43.9 Å². The molecule has 2 aromatic rings. The first-order valence-electron chi connectivity index (χ1n) is 8.71. The smallest absolute Gasteiger partial charge is 0.275 e. The highest BCUT2D eigenvalue weighted by atomic mass is 79.9. The number of rotatable bonds is 1. The molecule has 2 aliphatic rings. The van der Waals surface area contributed by atoms with E-state index in [9.17, 15) is 4.79 Å². The first-order valence-corrected chi connectivity index (χ1v) is 9.51. The lowest BCUT2D eigenvalue weighted by atomic mass is 9.95. The fourth-order valence-corrected chi connectivity index (χ4v) is 4.68. The van der Waals surface area contributed by atoms with Gasteiger partial charge in [-0.1, -0.05) is 22.9 Å². The Balaban J connectivity index is 1.72. The molecule has 1 N–H and O–H groups in total. The van der Waals surface area contributed by atoms with Crippen LogP contribution in [-0.4, -0.2) is 57.6 Å². The van der Waals surface area contributed by atoms with Crippen LogP contribution in [0.2, 0.25) is 0 Å². The number of nitrogens with zero attached hydrogens (tertiary/aromatic N) is 3. The first kappa shape index (κ1) is 16.1. The second-order valence-corrected chi connectivity index (χ2v) is 8.28. The van der Waals surface area contributed by atoms with Crippen molar-refractivity contribution in [1.29, 1.82) is 0 Å². The van der Waals surface area contributed by atoms with Crippen molar-refractivity contribution in [3.05, 3.63) is 28.4 Å². The summed E-state index contributed by atoms with van der Waals surface area (Å²) in [7, 11) is 0. The molecule has 6 heteroatoms. The summed E-state index contributed by atoms with van der Waals surface area (Å²) in [5.41, 5.74) is 1.45. The number of halogens is 1. The lowest BCUT2D eigenvalue weighted by Gasteiger charge is -2.40. The fourth-order valence-electron chi connectivity index (χ4n) is 4.32. The standard InChI is InChI=1S/C18H23BrN4O/c1-11-7-14-10-22(9-11)6-5-12(2)23(14)18(24)17-15-8-13(19)3-4-16(15)20-21-17/h3-4,8,11-12,14H,5-7,9-10H2,1-2H3,(H,20,21). The Bertz CT molecular complexity index is 773. The zero-order valence-corrected chi connectivity index (χ0v) is 15.7. The highest BCUT2D eigenvalue weighted by Crippen LogP contribution is 2.30. The third kappa shape index (κ3) is 2.75. The average Bonchev–Trinajstić information content (AvgIpc) is 2.90. The van der Waals surface area contributed by atoms with E-state index in [0.717, 1.165) is 47.9 Å². The van der Waals surface area contributed by atoms with Crippen LogP contribution in [0.4, 0.5) is 0 Å². The topological polar surface area (TPSA) is 52.2 Å². The quantitative estimate of drug-likeness (QED) is 0.812. The number of carbonyl (C=O) groups is 1. The number of aromatic amines is 1. The number of aromatic nitrogens is 2. The average molecular weight is 391 g/mol. The second-order valence-electron chi connectivity index (χ2n) is 7.37. The molecule has 0 spiro atoms. The summed E-state index contributed by atoms with van der Waals surface area (Å²) >= 11 is 3.50. The van der Waals surface area contributed by atoms with E-state index in [1.54, 1.807) is 0 Å². The monoisotopic (exact) mass is 390 g/mol. The van der Waals surface area contributed by atoms with E-state index in [1.165, 1.54) is 0 Å². The van der Waals surface area contributed by atoms with Crippen LogP contribution in [0.5, 0.6) is 0 Å². The zero-order valence-electron chi connectivity index (χ0n) is 14.1. The summed E-state index contributed by atoms with van der Waals surface area (Å²) in [4.78, 5) is 18.0. The number of H-pyrrole nitrogens is 1. The van der Waals surface area contributed by atoms with Gasteiger partial charge in [-0.2, -0.15) is 5.10 Å². The first-order chi connectivity index (χ1) is 11.5. The minimum atomic E-state index is 0.0628. The summed E-state index contributed by atoms with van der Waals surface area (Å²) in [6, 6.07) is 6.43. The summed E-state index contributed by atoms with van der Waals surface area (Å²) in [6.45, 7) is 7.70. The second kappa shape index (κ2) is 6.15. The molecule has 2 bridgehead atoms. The van der Waals surface area contributed by atoms with Crippen molar-refractivity contribution < 1.29 is 4.79 Å². The molecule has 1 amide bonds. The fraction of sp³-hybridized carbons (Fsp3) is 0.556. The molecule has 128 valence electrons. The Morgan fingerprint density at radius 3 is 3.00 bits per heavy atom. The van der Waals surface area contributed by atoms with Crippen LogP contribution in [0.15, 0.2) is 22.7 Å². The minimum Gasteiger partial charge on any atom is -0.330 e. The minimum absolute atomic E-state index is 0.0628. The number of amides is 1. The molecule has 0 aliphatic carbocycles. The highest BCUT2D eigenvalue weighted by Gasteiger charge is 2.38. The number of piperidine rings is 1. The van der Waals surface area contributed by atoms with Gasteiger partial charge in [-0.25, -0.2) is 0 Å². The third-order valence-corrected chi connectivity index (χ3v) is 5.90. The lowest BCUT2D eigenvalue weighted by molar-refractivity contribution is 0.0487. The molecule has 24 heavy (non-hydrogen) atoms. The van der Waals surface area contributed by atoms with Crippen molar-refractivity contribution in [3.63, 3.8) is 0 Å². The lowest BCUT2D eigenvalue weighted by Crippen LogP contribution is -2.51. The van der Waals surface area contributed by atoms with Crippen LogP contribution >= 0.6 is 15.9 Å². The molecule has 2 aliphatic heterocycles. The number of hydrogen-bond acceptors (Lipinski definition) is 3. The van der Waals surface area contributed by atoms with Gasteiger partial charge in [-0.15, -0.1) is 0 Å². The molecule has 0 saturated carbocycles. The molecule has 1 aromatic heterocycles. The Kier molecular flexibility index (Phi) is 4.12. The van der Waals surface area contributed by atoms with Crippen molar-refractivity contribution in [2.24, 2.45) is 5.92 Å². The number of hydrogen-bond donors (Lipinski definition) is 1. The molecule has 0 radical (unpaired) electrons. The van der Waals surface area contributed by atoms with Gasteiger partial charge in [0.25, 0.3) is 5.91 Å². The van der Waals surface area contributed by atoms with Crippen molar-refractivity contribution in [2.75, 3.05) is 19.6 Å². The van der Waals surface area contributed by atoms with E-state index in [-0.39, 0.29) is 18.0 Å². The maximum absolute atomic E-state index is 13.4. The van der Waals surface area contributed by atoms with E-state index >= 15 is 0 Å². The van der Waals surface area contributed by atoms with Gasteiger partial charge in [0.1, 0.15) is 0 Å². The summed E-state index contributed by atoms with van der Waals surface area (Å²) in [6.07, 6.45) is 2.11. The molecule has 2 saturated heterocycles. The van der Waals surface area contributed by atoms with Crippen LogP contribution in [0.1, 0.15) is 37.2 Å². The van der Waals surface area contributed by atoms with Gasteiger partial charge >= 0.3 is 0 Å². The number of carbonyl (C=O) groups excluding carboxylic acids is 1. The van der Waals surface area contributed by atoms with Crippen LogP contribution < -0.4 is 0 Å². The Morgan fingerprint density at radius 1 is 1.33 bits per heavy atom. The van der Waals surface area contributed by atoms with Crippen molar-refractivity contribution >= 4 is 32.7 Å². The highest BCUT2D eigenvalue weighted by molar-refractivity contribution is 9.10. The van der Waals surface area contributed by atoms with Crippen molar-refractivity contribution in [3.8, 4) is 0 Å². The summed E-state index contributed by atoms with van der Waals surface area (Å²) < 4.78 is 0.965. The zero-order chi connectivity index (χ0) is 16.8. The summed E-state index contributed by atoms with van der Waals surface area (Å²) in [5.74, 6) is 0.697. The normalized spacial score (nSPS) is 30.4. The van der Waals surface area contributed by atoms with E-state index in [1.807, 2.05) is 18.2 Å². The number of fused-ring (bicyclic) bond motifs is 3. The van der Waals surface area contributed by atoms with Gasteiger partial charge in [0, 0.05) is 41.6 Å². The molecule has 2 fully saturated rings. The van der Waals surface area contributed by atoms with E-state index in [2.05, 4.69) is 49.8 Å². The van der Waals surface area contributed by atoms with E-state index < -0.39 is 0 Å². The Labute approximate surface area is 150 Å². The predicted octanol–water partition coefficient (Wildman–Crippen LogP) is 3.27. The maximum atomic E-state index is 13.4. The predicted molar refractivity (Wildman–Crippen MR) is 98.1 cm³/mol. The van der Waals surface area contributed by atoms with Crippen molar-refractivity contribution in [2.45, 2.75) is 38.8 Å². The van der Waals surface area contributed by atoms with E-state index in [0.29, 0.717) is 11.6 Å². The van der Waals surface area contributed by atoms with Crippen LogP contribution in [0.3, 0.4) is 0 Å². The molecular formula is C18H23BrN4O. The van der Waals surface area contributed by atoms with Gasteiger partial charge < -0.3 is 9.80 Å². The molecular weight excluding hydrogens is 368 g/mol. The van der Waals surface area contributed by atoms with Crippen LogP contribution in [-0.2, 0) is 0 Å². The number of benzene rings is 1. The third-order valence-electron chi connectivity index (χ3n) is 5.41. The molecule has 4 atom stereocenters. The maximum Gasteiger partial charge on any atom is 0.275 e. The van der Waals surface area contributed by atoms with Gasteiger partial charge in [0.2, 0.25) is 0 Å². The molecule has 1 aromatic carbocycles. The Hall–Kier alpha value is -1.40. The molecule has 3 heterocycles. The molecule has 4 rings (SSSR count). The summed E-state index contributed by atoms with van der Waals surface area (Å²) in [5, 5.41) is 8.25. The van der Waals surface area contributed by atoms with Gasteiger partial charge in [0.05, 0.1) is 5.52 Å². The van der Waals surface area contributed by atoms with Crippen LogP contribution in [0, 0.1) is 5.92 Å². The molecule has 5 nitrogen and oxygen atoms in total. The number of nitrogens with one attached hydrogen (secondary N) is 1. The largest absolute Gasteiger partial charge is 0.330 e. The van der Waals surface area contributed by atoms with E-state index in [4.69, 9.17) is 0 Å². The molecule has 4 unspecified atom stereocenters. The SMILES string of the molecule is CC1CC2CN(CCC(C)N2C(=O)c2n[nH]c3ccc(Br)cc23)C1. The van der Waals surface area contributed by atoms with Crippen molar-refractivity contribution in [1.82, 2.24) is 20.0 Å². The Morgan fingerprint density at radius 2 is 2.17 bits per heavy atom.